The Bertz CT molecular complexity index is 1280. The van der Waals surface area contributed by atoms with Crippen LogP contribution in [0, 0.1) is 11.8 Å². The Morgan fingerprint density at radius 1 is 1.00 bits per heavy atom. The molecule has 4 aromatic rings. The molecular formula is C26H29N5O2. The van der Waals surface area contributed by atoms with Crippen LogP contribution in [0.15, 0.2) is 48.9 Å². The van der Waals surface area contributed by atoms with Crippen molar-refractivity contribution in [3.8, 4) is 28.1 Å². The highest BCUT2D eigenvalue weighted by molar-refractivity contribution is 5.82. The molecule has 0 N–H and O–H groups in total. The fourth-order valence-electron chi connectivity index (χ4n) is 5.81. The van der Waals surface area contributed by atoms with Gasteiger partial charge in [0.1, 0.15) is 5.75 Å². The summed E-state index contributed by atoms with van der Waals surface area (Å²) in [6.07, 6.45) is 12.8. The normalized spacial score (nSPS) is 22.2. The number of fused-ring (bicyclic) bond motifs is 3. The van der Waals surface area contributed by atoms with E-state index in [1.54, 1.807) is 11.8 Å². The summed E-state index contributed by atoms with van der Waals surface area (Å²) in [5, 5.41) is 14.7. The van der Waals surface area contributed by atoms with Crippen LogP contribution >= 0.6 is 0 Å². The van der Waals surface area contributed by atoms with E-state index in [-0.39, 0.29) is 6.79 Å². The fraction of sp³-hybridized carbons (Fsp3) is 0.423. The van der Waals surface area contributed by atoms with Gasteiger partial charge >= 0.3 is 0 Å². The van der Waals surface area contributed by atoms with E-state index in [1.165, 1.54) is 32.1 Å². The zero-order valence-corrected chi connectivity index (χ0v) is 19.1. The van der Waals surface area contributed by atoms with Gasteiger partial charge in [-0.1, -0.05) is 18.9 Å². The van der Waals surface area contributed by atoms with E-state index in [2.05, 4.69) is 44.3 Å². The third-order valence-corrected chi connectivity index (χ3v) is 7.34. The van der Waals surface area contributed by atoms with Crippen LogP contribution in [-0.4, -0.2) is 38.4 Å². The standard InChI is InChI=1S/C26H29N5O2/c1-30-15-21(14-27-30)19-5-6-23(25(13-19)33-16-32-2)24-12-20-7-8-31(26(20)29-28-24)22-10-17-3-4-18(9-17)11-22/h5-8,12-15,17-18,22H,3-4,9-11,16H2,1-2H3/t17-,18?,22+/m0/s1. The van der Waals surface area contributed by atoms with Gasteiger partial charge < -0.3 is 14.0 Å². The lowest BCUT2D eigenvalue weighted by atomic mass is 9.85. The average molecular weight is 444 g/mol. The van der Waals surface area contributed by atoms with Gasteiger partial charge in [0, 0.05) is 49.1 Å². The van der Waals surface area contributed by atoms with Crippen LogP contribution in [0.25, 0.3) is 33.4 Å². The van der Waals surface area contributed by atoms with E-state index < -0.39 is 0 Å². The molecule has 2 fully saturated rings. The smallest absolute Gasteiger partial charge is 0.188 e. The molecule has 2 saturated carbocycles. The maximum Gasteiger partial charge on any atom is 0.188 e. The minimum Gasteiger partial charge on any atom is -0.467 e. The van der Waals surface area contributed by atoms with Crippen molar-refractivity contribution >= 4 is 11.0 Å². The van der Waals surface area contributed by atoms with Crippen molar-refractivity contribution in [3.05, 3.63) is 48.9 Å². The van der Waals surface area contributed by atoms with Gasteiger partial charge in [-0.25, -0.2) is 0 Å². The van der Waals surface area contributed by atoms with Gasteiger partial charge in [-0.15, -0.1) is 10.2 Å². The number of rotatable bonds is 6. The molecule has 0 spiro atoms. The van der Waals surface area contributed by atoms with Crippen LogP contribution in [0.3, 0.4) is 0 Å². The second-order valence-corrected chi connectivity index (χ2v) is 9.57. The molecule has 170 valence electrons. The van der Waals surface area contributed by atoms with Crippen LogP contribution in [0.5, 0.6) is 5.75 Å². The largest absolute Gasteiger partial charge is 0.467 e. The van der Waals surface area contributed by atoms with Crippen molar-refractivity contribution in [2.45, 2.75) is 38.1 Å². The van der Waals surface area contributed by atoms with Gasteiger partial charge in [0.15, 0.2) is 12.4 Å². The van der Waals surface area contributed by atoms with E-state index in [1.807, 2.05) is 31.6 Å². The second-order valence-electron chi connectivity index (χ2n) is 9.57. The van der Waals surface area contributed by atoms with E-state index in [0.717, 1.165) is 51.0 Å². The molecule has 3 aromatic heterocycles. The van der Waals surface area contributed by atoms with E-state index in [0.29, 0.717) is 6.04 Å². The van der Waals surface area contributed by atoms with Crippen LogP contribution in [-0.2, 0) is 11.8 Å². The Hall–Kier alpha value is -3.19. The fourth-order valence-corrected chi connectivity index (χ4v) is 5.81. The van der Waals surface area contributed by atoms with Crippen LogP contribution < -0.4 is 4.74 Å². The van der Waals surface area contributed by atoms with Crippen molar-refractivity contribution < 1.29 is 9.47 Å². The number of benzene rings is 1. The van der Waals surface area contributed by atoms with E-state index in [4.69, 9.17) is 9.47 Å². The van der Waals surface area contributed by atoms with Gasteiger partial charge in [-0.2, -0.15) is 5.10 Å². The van der Waals surface area contributed by atoms with Crippen molar-refractivity contribution in [1.82, 2.24) is 24.5 Å². The lowest BCUT2D eigenvalue weighted by molar-refractivity contribution is 0.0515. The zero-order chi connectivity index (χ0) is 22.4. The van der Waals surface area contributed by atoms with Crippen molar-refractivity contribution in [1.29, 1.82) is 0 Å². The van der Waals surface area contributed by atoms with Crippen molar-refractivity contribution in [2.24, 2.45) is 18.9 Å². The Morgan fingerprint density at radius 3 is 2.61 bits per heavy atom. The maximum absolute atomic E-state index is 5.93. The monoisotopic (exact) mass is 443 g/mol. The molecule has 1 aromatic carbocycles. The van der Waals surface area contributed by atoms with E-state index >= 15 is 0 Å². The van der Waals surface area contributed by atoms with Gasteiger partial charge in [0.05, 0.1) is 11.9 Å². The van der Waals surface area contributed by atoms with Gasteiger partial charge in [-0.05, 0) is 60.9 Å². The predicted octanol–water partition coefficient (Wildman–Crippen LogP) is 5.23. The first kappa shape index (κ1) is 20.4. The van der Waals surface area contributed by atoms with Crippen LogP contribution in [0.2, 0.25) is 0 Å². The quantitative estimate of drug-likeness (QED) is 0.382. The first-order valence-corrected chi connectivity index (χ1v) is 11.8. The molecule has 7 nitrogen and oxygen atoms in total. The first-order chi connectivity index (χ1) is 16.2. The molecular weight excluding hydrogens is 414 g/mol. The minimum absolute atomic E-state index is 0.166. The lowest BCUT2D eigenvalue weighted by Gasteiger charge is -2.29. The van der Waals surface area contributed by atoms with E-state index in [9.17, 15) is 0 Å². The SMILES string of the molecule is COCOc1cc(-c2cnn(C)c2)ccc1-c1cc2ccn([C@H]3CC4CC[C@@H](C4)C3)c2nn1. The molecule has 2 aliphatic rings. The Morgan fingerprint density at radius 2 is 1.85 bits per heavy atom. The molecule has 1 unspecified atom stereocenters. The number of hydrogen-bond acceptors (Lipinski definition) is 5. The molecule has 0 radical (unpaired) electrons. The molecule has 7 heteroatoms. The Labute approximate surface area is 193 Å². The van der Waals surface area contributed by atoms with Crippen molar-refractivity contribution in [2.75, 3.05) is 13.9 Å². The molecule has 3 heterocycles. The average Bonchev–Trinajstić information content (AvgIpc) is 3.55. The summed E-state index contributed by atoms with van der Waals surface area (Å²) in [6.45, 7) is 0.166. The number of nitrogens with zero attached hydrogens (tertiary/aromatic N) is 5. The lowest BCUT2D eigenvalue weighted by Crippen LogP contribution is -2.19. The minimum atomic E-state index is 0.166. The van der Waals surface area contributed by atoms with Crippen LogP contribution in [0.1, 0.15) is 38.1 Å². The Kier molecular flexibility index (Phi) is 5.14. The molecule has 0 amide bonds. The first-order valence-electron chi connectivity index (χ1n) is 11.8. The maximum atomic E-state index is 5.93. The number of ether oxygens (including phenoxy) is 2. The third kappa shape index (κ3) is 3.80. The molecule has 2 aliphatic carbocycles. The Balaban J connectivity index is 1.35. The van der Waals surface area contributed by atoms with Crippen molar-refractivity contribution in [3.63, 3.8) is 0 Å². The highest BCUT2D eigenvalue weighted by Crippen LogP contribution is 2.47. The number of methoxy groups -OCH3 is 1. The van der Waals surface area contributed by atoms with Gasteiger partial charge in [0.25, 0.3) is 0 Å². The summed E-state index contributed by atoms with van der Waals surface area (Å²) in [4.78, 5) is 0. The molecule has 3 atom stereocenters. The number of aromatic nitrogens is 5. The summed E-state index contributed by atoms with van der Waals surface area (Å²) in [6, 6.07) is 11.0. The van der Waals surface area contributed by atoms with Crippen LogP contribution in [0.4, 0.5) is 0 Å². The van der Waals surface area contributed by atoms with Gasteiger partial charge in [-0.3, -0.25) is 4.68 Å². The zero-order valence-electron chi connectivity index (χ0n) is 19.1. The molecule has 2 bridgehead atoms. The number of aryl methyl sites for hydroxylation is 1. The summed E-state index contributed by atoms with van der Waals surface area (Å²) in [5.74, 6) is 2.49. The number of hydrogen-bond donors (Lipinski definition) is 0. The second kappa shape index (κ2) is 8.30. The van der Waals surface area contributed by atoms with Gasteiger partial charge in [0.2, 0.25) is 0 Å². The summed E-state index contributed by atoms with van der Waals surface area (Å²) in [5.41, 5.74) is 4.75. The highest BCUT2D eigenvalue weighted by atomic mass is 16.7. The molecule has 0 aliphatic heterocycles. The predicted molar refractivity (Wildman–Crippen MR) is 127 cm³/mol. The summed E-state index contributed by atoms with van der Waals surface area (Å²) >= 11 is 0. The summed E-state index contributed by atoms with van der Waals surface area (Å²) in [7, 11) is 3.53. The summed E-state index contributed by atoms with van der Waals surface area (Å²) < 4.78 is 15.3. The molecule has 0 saturated heterocycles. The topological polar surface area (TPSA) is 67.0 Å². The molecule has 6 rings (SSSR count). The highest BCUT2D eigenvalue weighted by Gasteiger charge is 2.35. The molecule has 33 heavy (non-hydrogen) atoms. The third-order valence-electron chi connectivity index (χ3n) is 7.34.